The fraction of sp³-hybridized carbons (Fsp3) is 0.500. The largest absolute Gasteiger partial charge is 0.462 e. The van der Waals surface area contributed by atoms with Gasteiger partial charge < -0.3 is 9.64 Å². The molecule has 1 amide bonds. The van der Waals surface area contributed by atoms with Gasteiger partial charge in [0.1, 0.15) is 6.10 Å². The second-order valence-electron chi connectivity index (χ2n) is 11.3. The number of rotatable bonds is 4. The average Bonchev–Trinajstić information content (AvgIpc) is 3.71. The summed E-state index contributed by atoms with van der Waals surface area (Å²) in [5, 5.41) is 0. The summed E-state index contributed by atoms with van der Waals surface area (Å²) in [6.45, 7) is 3.43. The number of esters is 1. The number of benzene rings is 1. The van der Waals surface area contributed by atoms with Crippen molar-refractivity contribution >= 4 is 18.0 Å². The third-order valence-electron chi connectivity index (χ3n) is 8.94. The van der Waals surface area contributed by atoms with Crippen LogP contribution in [0.1, 0.15) is 43.9 Å². The number of carbonyl (C=O) groups excluding carboxylic acids is 2. The molecule has 2 aliphatic carbocycles. The minimum Gasteiger partial charge on any atom is -0.462 e. The van der Waals surface area contributed by atoms with Gasteiger partial charge in [-0.3, -0.25) is 14.6 Å². The molecule has 1 aromatic heterocycles. The molecule has 0 bridgehead atoms. The number of halogens is 3. The second kappa shape index (κ2) is 9.54. The van der Waals surface area contributed by atoms with Gasteiger partial charge in [-0.05, 0) is 80.2 Å². The molecule has 0 radical (unpaired) electrons. The van der Waals surface area contributed by atoms with Crippen molar-refractivity contribution in [2.75, 3.05) is 13.1 Å². The minimum absolute atomic E-state index is 0.0927. The molecule has 4 aliphatic rings. The maximum atomic E-state index is 13.1. The molecular weight excluding hydrogens is 493 g/mol. The number of ether oxygens (including phenoxy) is 1. The maximum absolute atomic E-state index is 13.1. The number of pyridine rings is 1. The van der Waals surface area contributed by atoms with Gasteiger partial charge in [-0.15, -0.1) is 0 Å². The van der Waals surface area contributed by atoms with Gasteiger partial charge in [-0.2, -0.15) is 13.2 Å². The standard InChI is InChI=1S/C30H31F3N2O3/c1-17-27-25(10-9-23-8-7-20(15-34-23)19-3-2-4-22(13-19)30(31,32)33)24-11-12-35(28(36)18-5-6-18)16-21(24)14-26(27)29(37)38-17/h2-4,7-10,13,15,17-18,21,24-27H,5-6,11-12,14,16H2,1H3/b10-9+/t17-,21?,24?,25?,26?,27?/m1/s1. The van der Waals surface area contributed by atoms with Gasteiger partial charge in [-0.25, -0.2) is 0 Å². The summed E-state index contributed by atoms with van der Waals surface area (Å²) in [6, 6.07) is 8.82. The molecule has 6 atom stereocenters. The van der Waals surface area contributed by atoms with Crippen molar-refractivity contribution < 1.29 is 27.5 Å². The highest BCUT2D eigenvalue weighted by Gasteiger charge is 2.55. The smallest absolute Gasteiger partial charge is 0.416 e. The quantitative estimate of drug-likeness (QED) is 0.471. The molecule has 2 aromatic rings. The highest BCUT2D eigenvalue weighted by atomic mass is 19.4. The van der Waals surface area contributed by atoms with E-state index in [0.29, 0.717) is 29.3 Å². The van der Waals surface area contributed by atoms with E-state index in [0.717, 1.165) is 44.4 Å². The van der Waals surface area contributed by atoms with E-state index in [2.05, 4.69) is 11.1 Å². The SMILES string of the molecule is C[C@H]1OC(=O)C2CC3CN(C(=O)C4CC4)CCC3C(/C=C/c3ccc(-c4cccc(C(F)(F)F)c4)cn3)C21. The maximum Gasteiger partial charge on any atom is 0.416 e. The summed E-state index contributed by atoms with van der Waals surface area (Å²) in [5.41, 5.74) is 1.09. The Balaban J connectivity index is 1.22. The normalized spacial score (nSPS) is 31.2. The Morgan fingerprint density at radius 3 is 2.66 bits per heavy atom. The van der Waals surface area contributed by atoms with Crippen LogP contribution in [0.2, 0.25) is 0 Å². The van der Waals surface area contributed by atoms with Crippen LogP contribution in [0, 0.1) is 35.5 Å². The minimum atomic E-state index is -4.40. The van der Waals surface area contributed by atoms with E-state index in [1.807, 2.05) is 17.9 Å². The fourth-order valence-electron chi connectivity index (χ4n) is 6.91. The summed E-state index contributed by atoms with van der Waals surface area (Å²) in [6.07, 6.45) is 4.79. The molecule has 0 N–H and O–H groups in total. The lowest BCUT2D eigenvalue weighted by atomic mass is 9.59. The second-order valence-corrected chi connectivity index (χ2v) is 11.3. The summed E-state index contributed by atoms with van der Waals surface area (Å²) < 4.78 is 45.0. The van der Waals surface area contributed by atoms with Crippen LogP contribution in [0.3, 0.4) is 0 Å². The molecule has 0 spiro atoms. The van der Waals surface area contributed by atoms with E-state index in [1.54, 1.807) is 24.4 Å². The molecule has 4 fully saturated rings. The van der Waals surface area contributed by atoms with Crippen molar-refractivity contribution in [1.29, 1.82) is 0 Å². The Kier molecular flexibility index (Phi) is 6.31. The molecule has 6 rings (SSSR count). The van der Waals surface area contributed by atoms with Gasteiger partial charge >= 0.3 is 12.1 Å². The van der Waals surface area contributed by atoms with Crippen LogP contribution >= 0.6 is 0 Å². The van der Waals surface area contributed by atoms with Gasteiger partial charge in [0.05, 0.1) is 17.2 Å². The number of alkyl halides is 3. The monoisotopic (exact) mass is 524 g/mol. The predicted octanol–water partition coefficient (Wildman–Crippen LogP) is 5.85. The van der Waals surface area contributed by atoms with Gasteiger partial charge in [0.15, 0.2) is 0 Å². The molecule has 2 aliphatic heterocycles. The van der Waals surface area contributed by atoms with E-state index in [9.17, 15) is 22.8 Å². The number of hydrogen-bond acceptors (Lipinski definition) is 4. The van der Waals surface area contributed by atoms with Gasteiger partial charge in [0.2, 0.25) is 5.91 Å². The van der Waals surface area contributed by atoms with Crippen LogP contribution in [-0.2, 0) is 20.5 Å². The average molecular weight is 525 g/mol. The number of carbonyl (C=O) groups is 2. The fourth-order valence-corrected chi connectivity index (χ4v) is 6.91. The lowest BCUT2D eigenvalue weighted by molar-refractivity contribution is -0.144. The number of hydrogen-bond donors (Lipinski definition) is 0. The number of nitrogens with zero attached hydrogens (tertiary/aromatic N) is 2. The topological polar surface area (TPSA) is 59.5 Å². The molecule has 3 heterocycles. The number of amides is 1. The number of piperidine rings is 1. The molecule has 200 valence electrons. The van der Waals surface area contributed by atoms with Gasteiger partial charge in [0, 0.05) is 36.7 Å². The van der Waals surface area contributed by atoms with Crippen LogP contribution in [0.15, 0.2) is 48.7 Å². The first-order valence-electron chi connectivity index (χ1n) is 13.5. The van der Waals surface area contributed by atoms with Crippen LogP contribution in [0.5, 0.6) is 0 Å². The first kappa shape index (κ1) is 25.1. The first-order valence-corrected chi connectivity index (χ1v) is 13.5. The van der Waals surface area contributed by atoms with E-state index in [-0.39, 0.29) is 47.6 Å². The molecule has 2 saturated heterocycles. The Morgan fingerprint density at radius 2 is 1.95 bits per heavy atom. The summed E-state index contributed by atoms with van der Waals surface area (Å²) in [4.78, 5) is 31.9. The van der Waals surface area contributed by atoms with Crippen molar-refractivity contribution in [2.24, 2.45) is 35.5 Å². The third-order valence-corrected chi connectivity index (χ3v) is 8.94. The van der Waals surface area contributed by atoms with Crippen LogP contribution in [-0.4, -0.2) is 41.0 Å². The molecular formula is C30H31F3N2O3. The van der Waals surface area contributed by atoms with E-state index >= 15 is 0 Å². The predicted molar refractivity (Wildman–Crippen MR) is 135 cm³/mol. The van der Waals surface area contributed by atoms with Gasteiger partial charge in [0.25, 0.3) is 0 Å². The number of fused-ring (bicyclic) bond motifs is 2. The number of likely N-dealkylation sites (tertiary alicyclic amines) is 1. The van der Waals surface area contributed by atoms with E-state index in [1.165, 1.54) is 6.07 Å². The molecule has 5 nitrogen and oxygen atoms in total. The van der Waals surface area contributed by atoms with E-state index < -0.39 is 11.7 Å². The Hall–Kier alpha value is -3.16. The Morgan fingerprint density at radius 1 is 1.13 bits per heavy atom. The summed E-state index contributed by atoms with van der Waals surface area (Å²) in [5.74, 6) is 1.01. The molecule has 8 heteroatoms. The van der Waals surface area contributed by atoms with Crippen molar-refractivity contribution in [1.82, 2.24) is 9.88 Å². The Bertz CT molecular complexity index is 1250. The zero-order chi connectivity index (χ0) is 26.6. The van der Waals surface area contributed by atoms with E-state index in [4.69, 9.17) is 4.74 Å². The number of aromatic nitrogens is 1. The summed E-state index contributed by atoms with van der Waals surface area (Å²) in [7, 11) is 0. The van der Waals surface area contributed by atoms with Crippen LogP contribution in [0.4, 0.5) is 13.2 Å². The zero-order valence-corrected chi connectivity index (χ0v) is 21.2. The number of cyclic esters (lactones) is 1. The summed E-state index contributed by atoms with van der Waals surface area (Å²) >= 11 is 0. The van der Waals surface area contributed by atoms with Crippen molar-refractivity contribution in [2.45, 2.75) is 44.9 Å². The molecule has 5 unspecified atom stereocenters. The number of allylic oxidation sites excluding steroid dienone is 1. The lowest BCUT2D eigenvalue weighted by Crippen LogP contribution is -2.51. The van der Waals surface area contributed by atoms with Crippen molar-refractivity contribution in [3.8, 4) is 11.1 Å². The molecule has 38 heavy (non-hydrogen) atoms. The Labute approximate surface area is 220 Å². The van der Waals surface area contributed by atoms with Crippen LogP contribution < -0.4 is 0 Å². The highest BCUT2D eigenvalue weighted by molar-refractivity contribution is 5.81. The first-order chi connectivity index (χ1) is 18.2. The highest BCUT2D eigenvalue weighted by Crippen LogP contribution is 2.52. The van der Waals surface area contributed by atoms with Gasteiger partial charge in [-0.1, -0.05) is 24.3 Å². The van der Waals surface area contributed by atoms with Crippen molar-refractivity contribution in [3.05, 3.63) is 59.9 Å². The lowest BCUT2D eigenvalue weighted by Gasteiger charge is -2.48. The molecule has 1 aromatic carbocycles. The third kappa shape index (κ3) is 4.74. The molecule has 2 saturated carbocycles. The van der Waals surface area contributed by atoms with Crippen LogP contribution in [0.25, 0.3) is 17.2 Å². The zero-order valence-electron chi connectivity index (χ0n) is 21.2. The van der Waals surface area contributed by atoms with Crippen molar-refractivity contribution in [3.63, 3.8) is 0 Å².